The fourth-order valence-corrected chi connectivity index (χ4v) is 5.11. The molecule has 0 bridgehead atoms. The van der Waals surface area contributed by atoms with Crippen molar-refractivity contribution in [3.63, 3.8) is 0 Å². The van der Waals surface area contributed by atoms with Crippen LogP contribution in [0.4, 0.5) is 0 Å². The van der Waals surface area contributed by atoms with Gasteiger partial charge >= 0.3 is 0 Å². The molecule has 0 atom stereocenters. The van der Waals surface area contributed by atoms with Crippen molar-refractivity contribution in [2.75, 3.05) is 0 Å². The molecule has 0 aliphatic heterocycles. The first-order chi connectivity index (χ1) is 15.1. The molecule has 0 spiro atoms. The zero-order chi connectivity index (χ0) is 22.2. The van der Waals surface area contributed by atoms with E-state index in [9.17, 15) is 0 Å². The average Bonchev–Trinajstić information content (AvgIpc) is 2.83. The molecule has 1 aliphatic rings. The molecule has 0 saturated carbocycles. The van der Waals surface area contributed by atoms with Crippen molar-refractivity contribution in [1.29, 1.82) is 0 Å². The SMILES string of the molecule is CC.CC.CC1(C)c2cc3ccccc3cc2-c2cccc3cc4ccccc4c1c23. The Morgan fingerprint density at radius 1 is 0.516 bits per heavy atom. The highest BCUT2D eigenvalue weighted by molar-refractivity contribution is 6.12. The van der Waals surface area contributed by atoms with Crippen molar-refractivity contribution in [2.45, 2.75) is 47.0 Å². The van der Waals surface area contributed by atoms with E-state index >= 15 is 0 Å². The maximum absolute atomic E-state index is 2.41. The first-order valence-corrected chi connectivity index (χ1v) is 11.6. The standard InChI is InChI=1S/C27H20.2C2H6/c1-27(2)24-16-18-9-4-3-8-17(18)15-23(24)22-13-7-11-20-14-19-10-5-6-12-21(19)26(27)25(20)22;2*1-2/h3-16H,1-2H3;2*1-2H3. The lowest BCUT2D eigenvalue weighted by atomic mass is 9.66. The van der Waals surface area contributed by atoms with E-state index in [-0.39, 0.29) is 5.41 Å². The van der Waals surface area contributed by atoms with E-state index in [1.807, 2.05) is 27.7 Å². The van der Waals surface area contributed by atoms with Crippen LogP contribution in [0.1, 0.15) is 52.7 Å². The molecule has 0 saturated heterocycles. The molecule has 0 radical (unpaired) electrons. The summed E-state index contributed by atoms with van der Waals surface area (Å²) in [5.74, 6) is 0. The highest BCUT2D eigenvalue weighted by Crippen LogP contribution is 2.51. The molecule has 156 valence electrons. The summed E-state index contributed by atoms with van der Waals surface area (Å²) >= 11 is 0. The fraction of sp³-hybridized carbons (Fsp3) is 0.226. The highest BCUT2D eigenvalue weighted by Gasteiger charge is 2.35. The van der Waals surface area contributed by atoms with E-state index in [0.717, 1.165) is 0 Å². The minimum atomic E-state index is -0.0488. The average molecular weight is 405 g/mol. The summed E-state index contributed by atoms with van der Waals surface area (Å²) in [6.07, 6.45) is 0. The number of hydrogen-bond acceptors (Lipinski definition) is 0. The second-order valence-electron chi connectivity index (χ2n) is 8.25. The van der Waals surface area contributed by atoms with Crippen LogP contribution in [0, 0.1) is 0 Å². The van der Waals surface area contributed by atoms with Crippen molar-refractivity contribution >= 4 is 32.3 Å². The number of rotatable bonds is 0. The van der Waals surface area contributed by atoms with Crippen molar-refractivity contribution in [3.05, 3.63) is 96.1 Å². The van der Waals surface area contributed by atoms with E-state index in [2.05, 4.69) is 98.8 Å². The third-order valence-electron chi connectivity index (χ3n) is 6.36. The second kappa shape index (κ2) is 8.19. The van der Waals surface area contributed by atoms with Gasteiger partial charge < -0.3 is 0 Å². The summed E-state index contributed by atoms with van der Waals surface area (Å²) in [4.78, 5) is 0. The van der Waals surface area contributed by atoms with Gasteiger partial charge in [-0.25, -0.2) is 0 Å². The zero-order valence-corrected chi connectivity index (χ0v) is 19.6. The number of hydrogen-bond donors (Lipinski definition) is 0. The highest BCUT2D eigenvalue weighted by atomic mass is 14.4. The Morgan fingerprint density at radius 3 is 1.81 bits per heavy atom. The van der Waals surface area contributed by atoms with Gasteiger partial charge in [0.2, 0.25) is 0 Å². The van der Waals surface area contributed by atoms with Crippen LogP contribution >= 0.6 is 0 Å². The minimum Gasteiger partial charge on any atom is -0.0683 e. The molecule has 0 N–H and O–H groups in total. The molecule has 0 aromatic heterocycles. The van der Waals surface area contributed by atoms with E-state index in [1.165, 1.54) is 54.6 Å². The summed E-state index contributed by atoms with van der Waals surface area (Å²) in [5.41, 5.74) is 5.60. The van der Waals surface area contributed by atoms with Crippen LogP contribution in [0.5, 0.6) is 0 Å². The van der Waals surface area contributed by atoms with Crippen molar-refractivity contribution in [2.24, 2.45) is 0 Å². The van der Waals surface area contributed by atoms with Gasteiger partial charge in [0.05, 0.1) is 0 Å². The number of benzene rings is 5. The van der Waals surface area contributed by atoms with E-state index in [0.29, 0.717) is 0 Å². The lowest BCUT2D eigenvalue weighted by molar-refractivity contribution is 0.652. The lowest BCUT2D eigenvalue weighted by Crippen LogP contribution is -2.24. The molecule has 0 heterocycles. The molecular formula is C31H32. The van der Waals surface area contributed by atoms with E-state index in [1.54, 1.807) is 0 Å². The van der Waals surface area contributed by atoms with Gasteiger partial charge in [-0.15, -0.1) is 0 Å². The van der Waals surface area contributed by atoms with Gasteiger partial charge in [0, 0.05) is 5.41 Å². The van der Waals surface area contributed by atoms with E-state index < -0.39 is 0 Å². The van der Waals surface area contributed by atoms with E-state index in [4.69, 9.17) is 0 Å². The van der Waals surface area contributed by atoms with Crippen LogP contribution in [-0.2, 0) is 5.41 Å². The Morgan fingerprint density at radius 2 is 1.10 bits per heavy atom. The van der Waals surface area contributed by atoms with Gasteiger partial charge in [-0.1, -0.05) is 108 Å². The Bertz CT molecular complexity index is 1390. The van der Waals surface area contributed by atoms with Gasteiger partial charge in [0.25, 0.3) is 0 Å². The molecular weight excluding hydrogens is 372 g/mol. The van der Waals surface area contributed by atoms with Crippen LogP contribution < -0.4 is 0 Å². The van der Waals surface area contributed by atoms with Crippen LogP contribution in [-0.4, -0.2) is 0 Å². The molecule has 0 amide bonds. The molecule has 0 unspecified atom stereocenters. The zero-order valence-electron chi connectivity index (χ0n) is 19.6. The van der Waals surface area contributed by atoms with Gasteiger partial charge in [0.1, 0.15) is 0 Å². The van der Waals surface area contributed by atoms with Crippen LogP contribution in [0.15, 0.2) is 84.9 Å². The van der Waals surface area contributed by atoms with Gasteiger partial charge in [0.15, 0.2) is 0 Å². The molecule has 0 nitrogen and oxygen atoms in total. The first-order valence-electron chi connectivity index (χ1n) is 11.6. The smallest absolute Gasteiger partial charge is 0.0165 e. The number of fused-ring (bicyclic) bond motifs is 5. The molecule has 0 fully saturated rings. The summed E-state index contributed by atoms with van der Waals surface area (Å²) in [6.45, 7) is 12.8. The largest absolute Gasteiger partial charge is 0.0683 e. The molecule has 5 aromatic rings. The van der Waals surface area contributed by atoms with Gasteiger partial charge in [-0.05, 0) is 72.8 Å². The Labute approximate surface area is 186 Å². The maximum atomic E-state index is 2.41. The topological polar surface area (TPSA) is 0 Å². The lowest BCUT2D eigenvalue weighted by Gasteiger charge is -2.36. The fourth-order valence-electron chi connectivity index (χ4n) is 5.11. The normalized spacial score (nSPS) is 13.1. The quantitative estimate of drug-likeness (QED) is 0.225. The molecule has 5 aromatic carbocycles. The molecule has 0 heteroatoms. The summed E-state index contributed by atoms with van der Waals surface area (Å²) in [7, 11) is 0. The Balaban J connectivity index is 0.000000549. The summed E-state index contributed by atoms with van der Waals surface area (Å²) in [5, 5.41) is 8.10. The second-order valence-corrected chi connectivity index (χ2v) is 8.25. The summed E-state index contributed by atoms with van der Waals surface area (Å²) in [6, 6.07) is 31.4. The Kier molecular flexibility index (Phi) is 5.58. The van der Waals surface area contributed by atoms with Gasteiger partial charge in [-0.3, -0.25) is 0 Å². The van der Waals surface area contributed by atoms with Gasteiger partial charge in [-0.2, -0.15) is 0 Å². The predicted molar refractivity (Wildman–Crippen MR) is 139 cm³/mol. The predicted octanol–water partition coefficient (Wildman–Crippen LogP) is 9.50. The Hall–Kier alpha value is -3.12. The molecule has 1 aliphatic carbocycles. The minimum absolute atomic E-state index is 0.0488. The van der Waals surface area contributed by atoms with Crippen molar-refractivity contribution in [3.8, 4) is 11.1 Å². The van der Waals surface area contributed by atoms with Crippen LogP contribution in [0.3, 0.4) is 0 Å². The third-order valence-corrected chi connectivity index (χ3v) is 6.36. The molecule has 6 rings (SSSR count). The molecule has 31 heavy (non-hydrogen) atoms. The van der Waals surface area contributed by atoms with Crippen molar-refractivity contribution < 1.29 is 0 Å². The third kappa shape index (κ3) is 3.13. The first kappa shape index (κ1) is 21.1. The van der Waals surface area contributed by atoms with Crippen LogP contribution in [0.25, 0.3) is 43.4 Å². The van der Waals surface area contributed by atoms with Crippen LogP contribution in [0.2, 0.25) is 0 Å². The van der Waals surface area contributed by atoms with Crippen molar-refractivity contribution in [1.82, 2.24) is 0 Å². The summed E-state index contributed by atoms with van der Waals surface area (Å²) < 4.78 is 0. The maximum Gasteiger partial charge on any atom is 0.0165 e. The monoisotopic (exact) mass is 404 g/mol.